The number of benzene rings is 1. The van der Waals surface area contributed by atoms with E-state index in [0.29, 0.717) is 0 Å². The average molecular weight is 241 g/mol. The molecule has 0 heterocycles. The van der Waals surface area contributed by atoms with Gasteiger partial charge in [-0.2, -0.15) is 0 Å². The first-order valence-electron chi connectivity index (χ1n) is 4.98. The van der Waals surface area contributed by atoms with E-state index < -0.39 is 29.5 Å². The van der Waals surface area contributed by atoms with E-state index in [2.05, 4.69) is 5.32 Å². The Hall–Kier alpha value is -2.11. The minimum atomic E-state index is -1.16. The zero-order chi connectivity index (χ0) is 13.0. The van der Waals surface area contributed by atoms with E-state index >= 15 is 0 Å². The molecule has 1 amide bonds. The monoisotopic (exact) mass is 241 g/mol. The Morgan fingerprint density at radius 1 is 1.47 bits per heavy atom. The maximum Gasteiger partial charge on any atom is 0.326 e. The topological polar surface area (TPSA) is 86.6 Å². The highest BCUT2D eigenvalue weighted by Gasteiger charge is 2.20. The molecule has 1 aromatic rings. The van der Waals surface area contributed by atoms with Crippen molar-refractivity contribution >= 4 is 11.9 Å². The number of aromatic hydroxyl groups is 1. The average Bonchev–Trinajstić information content (AvgIpc) is 2.24. The zero-order valence-electron chi connectivity index (χ0n) is 9.11. The molecule has 0 aliphatic rings. The molecular weight excluding hydrogens is 229 g/mol. The van der Waals surface area contributed by atoms with Crippen LogP contribution in [-0.4, -0.2) is 28.1 Å². The van der Waals surface area contributed by atoms with Crippen LogP contribution in [0.3, 0.4) is 0 Å². The van der Waals surface area contributed by atoms with Crippen LogP contribution >= 0.6 is 0 Å². The number of hydrogen-bond donors (Lipinski definition) is 3. The Morgan fingerprint density at radius 3 is 2.59 bits per heavy atom. The summed E-state index contributed by atoms with van der Waals surface area (Å²) in [5, 5.41) is 20.3. The Kier molecular flexibility index (Phi) is 4.03. The molecule has 6 heteroatoms. The number of rotatable bonds is 4. The quantitative estimate of drug-likeness (QED) is 0.737. The fourth-order valence-electron chi connectivity index (χ4n) is 1.27. The van der Waals surface area contributed by atoms with Crippen LogP contribution in [0.25, 0.3) is 0 Å². The molecule has 3 N–H and O–H groups in total. The van der Waals surface area contributed by atoms with Gasteiger partial charge in [-0.05, 0) is 18.6 Å². The van der Waals surface area contributed by atoms with E-state index in [1.807, 2.05) is 0 Å². The second kappa shape index (κ2) is 5.29. The minimum Gasteiger partial charge on any atom is -0.507 e. The van der Waals surface area contributed by atoms with Gasteiger partial charge in [-0.3, -0.25) is 4.79 Å². The Balaban J connectivity index is 2.86. The highest BCUT2D eigenvalue weighted by molar-refractivity contribution is 5.98. The summed E-state index contributed by atoms with van der Waals surface area (Å²) in [5.74, 6) is -3.12. The van der Waals surface area contributed by atoms with Gasteiger partial charge in [-0.25, -0.2) is 9.18 Å². The van der Waals surface area contributed by atoms with Gasteiger partial charge in [0.05, 0.1) is 5.56 Å². The number of carbonyl (C=O) groups excluding carboxylic acids is 1. The second-order valence-corrected chi connectivity index (χ2v) is 3.43. The molecule has 0 unspecified atom stereocenters. The van der Waals surface area contributed by atoms with Crippen molar-refractivity contribution in [2.45, 2.75) is 19.4 Å². The Bertz CT molecular complexity index is 447. The smallest absolute Gasteiger partial charge is 0.326 e. The third kappa shape index (κ3) is 3.17. The Labute approximate surface area is 96.9 Å². The van der Waals surface area contributed by atoms with E-state index in [-0.39, 0.29) is 12.0 Å². The van der Waals surface area contributed by atoms with Gasteiger partial charge >= 0.3 is 5.97 Å². The minimum absolute atomic E-state index is 0.161. The highest BCUT2D eigenvalue weighted by atomic mass is 19.1. The molecule has 0 radical (unpaired) electrons. The third-order valence-corrected chi connectivity index (χ3v) is 2.22. The van der Waals surface area contributed by atoms with Gasteiger partial charge in [0.2, 0.25) is 0 Å². The van der Waals surface area contributed by atoms with E-state index in [4.69, 9.17) is 5.11 Å². The van der Waals surface area contributed by atoms with Crippen molar-refractivity contribution in [3.8, 4) is 5.75 Å². The fraction of sp³-hybridized carbons (Fsp3) is 0.273. The lowest BCUT2D eigenvalue weighted by molar-refractivity contribution is -0.139. The molecule has 0 aliphatic heterocycles. The molecule has 1 atom stereocenters. The van der Waals surface area contributed by atoms with Crippen LogP contribution in [0.5, 0.6) is 5.75 Å². The fourth-order valence-corrected chi connectivity index (χ4v) is 1.27. The molecule has 1 rings (SSSR count). The molecule has 5 nitrogen and oxygen atoms in total. The molecule has 0 aromatic heterocycles. The number of amides is 1. The molecule has 92 valence electrons. The number of halogens is 1. The van der Waals surface area contributed by atoms with Crippen molar-refractivity contribution in [3.05, 3.63) is 29.6 Å². The van der Waals surface area contributed by atoms with Gasteiger partial charge in [-0.15, -0.1) is 0 Å². The summed E-state index contributed by atoms with van der Waals surface area (Å²) in [6, 6.07) is 1.86. The van der Waals surface area contributed by atoms with Gasteiger partial charge in [0.25, 0.3) is 5.91 Å². The van der Waals surface area contributed by atoms with Crippen molar-refractivity contribution in [1.82, 2.24) is 5.32 Å². The van der Waals surface area contributed by atoms with E-state index in [1.165, 1.54) is 0 Å². The summed E-state index contributed by atoms with van der Waals surface area (Å²) in [4.78, 5) is 22.3. The molecule has 1 aromatic carbocycles. The van der Waals surface area contributed by atoms with Crippen LogP contribution in [-0.2, 0) is 4.79 Å². The number of hydrogen-bond acceptors (Lipinski definition) is 3. The summed E-state index contributed by atoms with van der Waals surface area (Å²) in [6.07, 6.45) is 0.211. The maximum absolute atomic E-state index is 12.7. The first-order valence-corrected chi connectivity index (χ1v) is 4.98. The molecular formula is C11H12FNO4. The standard InChI is InChI=1S/C11H12FNO4/c1-2-8(11(16)17)13-10(15)7-4-3-6(12)5-9(7)14/h3-5,8,14H,2H2,1H3,(H,13,15)(H,16,17)/t8-/m1/s1. The van der Waals surface area contributed by atoms with Gasteiger partial charge < -0.3 is 15.5 Å². The molecule has 0 saturated heterocycles. The number of phenols is 1. The molecule has 0 saturated carbocycles. The van der Waals surface area contributed by atoms with Gasteiger partial charge in [0.15, 0.2) is 0 Å². The van der Waals surface area contributed by atoms with Gasteiger partial charge in [0, 0.05) is 6.07 Å². The molecule has 17 heavy (non-hydrogen) atoms. The molecule has 0 bridgehead atoms. The van der Waals surface area contributed by atoms with Gasteiger partial charge in [-0.1, -0.05) is 6.92 Å². The number of phenolic OH excluding ortho intramolecular Hbond substituents is 1. The van der Waals surface area contributed by atoms with Crippen molar-refractivity contribution < 1.29 is 24.2 Å². The van der Waals surface area contributed by atoms with Crippen molar-refractivity contribution in [1.29, 1.82) is 0 Å². The maximum atomic E-state index is 12.7. The van der Waals surface area contributed by atoms with Crippen molar-refractivity contribution in [3.63, 3.8) is 0 Å². The number of nitrogens with one attached hydrogen (secondary N) is 1. The summed E-state index contributed by atoms with van der Waals surface area (Å²) >= 11 is 0. The predicted molar refractivity (Wildman–Crippen MR) is 57.2 cm³/mol. The van der Waals surface area contributed by atoms with Crippen LogP contribution < -0.4 is 5.32 Å². The summed E-state index contributed by atoms with van der Waals surface area (Å²) in [7, 11) is 0. The Morgan fingerprint density at radius 2 is 2.12 bits per heavy atom. The second-order valence-electron chi connectivity index (χ2n) is 3.43. The lowest BCUT2D eigenvalue weighted by Gasteiger charge is -2.12. The van der Waals surface area contributed by atoms with Crippen LogP contribution in [0.4, 0.5) is 4.39 Å². The van der Waals surface area contributed by atoms with Crippen LogP contribution in [0.1, 0.15) is 23.7 Å². The normalized spacial score (nSPS) is 11.9. The van der Waals surface area contributed by atoms with E-state index in [0.717, 1.165) is 18.2 Å². The van der Waals surface area contributed by atoms with Crippen LogP contribution in [0.15, 0.2) is 18.2 Å². The van der Waals surface area contributed by atoms with Gasteiger partial charge in [0.1, 0.15) is 17.6 Å². The van der Waals surface area contributed by atoms with E-state index in [1.54, 1.807) is 6.92 Å². The SMILES string of the molecule is CC[C@@H](NC(=O)c1ccc(F)cc1O)C(=O)O. The zero-order valence-corrected chi connectivity index (χ0v) is 9.11. The number of carboxylic acids is 1. The first kappa shape index (κ1) is 13.0. The molecule has 0 aliphatic carbocycles. The predicted octanol–water partition coefficient (Wildman–Crippen LogP) is 1.12. The summed E-state index contributed by atoms with van der Waals surface area (Å²) in [6.45, 7) is 1.60. The van der Waals surface area contributed by atoms with Crippen molar-refractivity contribution in [2.24, 2.45) is 0 Å². The molecule has 0 fully saturated rings. The third-order valence-electron chi connectivity index (χ3n) is 2.22. The number of carbonyl (C=O) groups is 2. The van der Waals surface area contributed by atoms with Crippen LogP contribution in [0, 0.1) is 5.82 Å². The van der Waals surface area contributed by atoms with Crippen molar-refractivity contribution in [2.75, 3.05) is 0 Å². The lowest BCUT2D eigenvalue weighted by Crippen LogP contribution is -2.40. The largest absolute Gasteiger partial charge is 0.507 e. The number of aliphatic carboxylic acids is 1. The first-order chi connectivity index (χ1) is 7.95. The highest BCUT2D eigenvalue weighted by Crippen LogP contribution is 2.18. The summed E-state index contributed by atoms with van der Waals surface area (Å²) < 4.78 is 12.7. The summed E-state index contributed by atoms with van der Waals surface area (Å²) in [5.41, 5.74) is -0.161. The number of carboxylic acid groups (broad SMARTS) is 1. The lowest BCUT2D eigenvalue weighted by atomic mass is 10.1. The molecule has 0 spiro atoms. The van der Waals surface area contributed by atoms with E-state index in [9.17, 15) is 19.1 Å². The van der Waals surface area contributed by atoms with Crippen LogP contribution in [0.2, 0.25) is 0 Å².